The zero-order chi connectivity index (χ0) is 26.5. The number of ketones is 4. The van der Waals surface area contributed by atoms with Crippen LogP contribution in [0.25, 0.3) is 0 Å². The van der Waals surface area contributed by atoms with Gasteiger partial charge in [-0.05, 0) is 54.7 Å². The van der Waals surface area contributed by atoms with E-state index < -0.39 is 64.2 Å². The van der Waals surface area contributed by atoms with Gasteiger partial charge in [0.05, 0.1) is 11.5 Å². The lowest BCUT2D eigenvalue weighted by Crippen LogP contribution is -2.71. The Morgan fingerprint density at radius 1 is 1.11 bits per heavy atom. The monoisotopic (exact) mass is 497 g/mol. The van der Waals surface area contributed by atoms with E-state index >= 15 is 0 Å². The van der Waals surface area contributed by atoms with Crippen molar-refractivity contribution in [3.05, 3.63) is 28.8 Å². The number of hydrogen-bond donors (Lipinski definition) is 3. The Hall–Kier alpha value is -2.87. The van der Waals surface area contributed by atoms with Crippen molar-refractivity contribution in [2.24, 2.45) is 41.2 Å². The van der Waals surface area contributed by atoms with Gasteiger partial charge >= 0.3 is 0 Å². The van der Waals surface area contributed by atoms with E-state index in [1.54, 1.807) is 13.8 Å². The number of amides is 1. The molecule has 0 spiro atoms. The highest BCUT2D eigenvalue weighted by Gasteiger charge is 2.69. The van der Waals surface area contributed by atoms with E-state index in [0.29, 0.717) is 12.0 Å². The normalized spacial score (nSPS) is 31.8. The number of rotatable bonds is 7. The van der Waals surface area contributed by atoms with Gasteiger partial charge in [0.2, 0.25) is 5.91 Å². The van der Waals surface area contributed by atoms with Crippen molar-refractivity contribution >= 4 is 29.0 Å². The van der Waals surface area contributed by atoms with Crippen molar-refractivity contribution in [3.63, 3.8) is 0 Å². The van der Waals surface area contributed by atoms with E-state index in [1.165, 1.54) is 6.07 Å². The lowest BCUT2D eigenvalue weighted by molar-refractivity contribution is -0.182. The first-order valence-corrected chi connectivity index (χ1v) is 13.0. The van der Waals surface area contributed by atoms with Crippen molar-refractivity contribution < 1.29 is 34.2 Å². The van der Waals surface area contributed by atoms with Crippen LogP contribution in [-0.4, -0.2) is 44.9 Å². The minimum atomic E-state index is -2.65. The molecule has 1 aromatic rings. The molecule has 4 N–H and O–H groups in total. The summed E-state index contributed by atoms with van der Waals surface area (Å²) in [7, 11) is 0. The van der Waals surface area contributed by atoms with Crippen LogP contribution in [0.5, 0.6) is 5.75 Å². The van der Waals surface area contributed by atoms with Crippen molar-refractivity contribution in [1.29, 1.82) is 0 Å². The summed E-state index contributed by atoms with van der Waals surface area (Å²) >= 11 is 0. The van der Waals surface area contributed by atoms with E-state index in [-0.39, 0.29) is 23.7 Å². The maximum absolute atomic E-state index is 13.8. The third-order valence-corrected chi connectivity index (χ3v) is 8.59. The van der Waals surface area contributed by atoms with E-state index in [0.717, 1.165) is 37.7 Å². The Morgan fingerprint density at radius 3 is 2.42 bits per heavy atom. The van der Waals surface area contributed by atoms with Crippen molar-refractivity contribution in [2.45, 2.75) is 71.3 Å². The first kappa shape index (κ1) is 26.2. The fourth-order valence-electron chi connectivity index (χ4n) is 6.90. The number of hydrogen-bond acceptors (Lipinski definition) is 7. The zero-order valence-electron chi connectivity index (χ0n) is 21.1. The van der Waals surface area contributed by atoms with Crippen LogP contribution in [0.4, 0.5) is 0 Å². The van der Waals surface area contributed by atoms with Gasteiger partial charge in [-0.15, -0.1) is 0 Å². The van der Waals surface area contributed by atoms with Crippen LogP contribution in [-0.2, 0) is 32.0 Å². The minimum absolute atomic E-state index is 0.0748. The van der Waals surface area contributed by atoms with E-state index in [4.69, 9.17) is 5.73 Å². The Labute approximate surface area is 210 Å². The molecule has 2 saturated carbocycles. The largest absolute Gasteiger partial charge is 0.507 e. The standard InChI is InChI=1S/C28H35NO7/c1-4-5-6-7-8-14-9-10-18(30)21-16(14)11-15-12-17-19(13(2)3)23(31)22(27(29)35)26(34)28(17,36)25(33)20(15)24(21)32/h9-10,13,15,17,19-20,22,30,36H,4-8,11-12H2,1-3H3,(H2,29,35)/t15-,17-,19-,20?,22?,28-/m0/s1. The first-order chi connectivity index (χ1) is 17.0. The topological polar surface area (TPSA) is 152 Å². The molecule has 0 heterocycles. The number of fused-ring (bicyclic) bond motifs is 3. The minimum Gasteiger partial charge on any atom is -0.507 e. The summed E-state index contributed by atoms with van der Waals surface area (Å²) in [4.78, 5) is 66.0. The van der Waals surface area contributed by atoms with Crippen LogP contribution in [0.15, 0.2) is 12.1 Å². The fourth-order valence-corrected chi connectivity index (χ4v) is 6.90. The predicted octanol–water partition coefficient (Wildman–Crippen LogP) is 2.33. The second kappa shape index (κ2) is 9.54. The average molecular weight is 498 g/mol. The van der Waals surface area contributed by atoms with Crippen molar-refractivity contribution in [3.8, 4) is 5.75 Å². The van der Waals surface area contributed by atoms with Crippen LogP contribution < -0.4 is 5.73 Å². The number of carbonyl (C=O) groups excluding carboxylic acids is 5. The van der Waals surface area contributed by atoms with Crippen LogP contribution >= 0.6 is 0 Å². The number of aromatic hydroxyl groups is 1. The molecular weight excluding hydrogens is 462 g/mol. The molecule has 6 atom stereocenters. The SMILES string of the molecule is CCCCCCc1ccc(O)c2c1C[C@H]1C[C@H]3[C@H](C(C)C)C(=O)C(C(N)=O)C(=O)[C@@]3(O)C(=O)C1C2=O. The number of benzene rings is 1. The molecule has 3 aliphatic rings. The number of nitrogens with two attached hydrogens (primary N) is 1. The molecular formula is C28H35NO7. The Morgan fingerprint density at radius 2 is 1.81 bits per heavy atom. The van der Waals surface area contributed by atoms with Gasteiger partial charge in [0.15, 0.2) is 34.7 Å². The average Bonchev–Trinajstić information content (AvgIpc) is 2.80. The Bertz CT molecular complexity index is 1140. The van der Waals surface area contributed by atoms with Gasteiger partial charge < -0.3 is 15.9 Å². The molecule has 0 radical (unpaired) electrons. The second-order valence-electron chi connectivity index (χ2n) is 11.1. The molecule has 194 valence electrons. The highest BCUT2D eigenvalue weighted by atomic mass is 16.3. The number of aryl methyl sites for hydroxylation is 1. The van der Waals surface area contributed by atoms with Gasteiger partial charge in [-0.3, -0.25) is 24.0 Å². The summed E-state index contributed by atoms with van der Waals surface area (Å²) in [6.45, 7) is 5.60. The molecule has 1 amide bonds. The number of unbranched alkanes of at least 4 members (excludes halogenated alkanes) is 3. The van der Waals surface area contributed by atoms with Gasteiger partial charge in [-0.2, -0.15) is 0 Å². The van der Waals surface area contributed by atoms with Crippen molar-refractivity contribution in [1.82, 2.24) is 0 Å². The third-order valence-electron chi connectivity index (χ3n) is 8.59. The molecule has 8 nitrogen and oxygen atoms in total. The number of Topliss-reactive ketones (excluding diaryl/α,β-unsaturated/α-hetero) is 4. The van der Waals surface area contributed by atoms with Crippen LogP contribution in [0.2, 0.25) is 0 Å². The summed E-state index contributed by atoms with van der Waals surface area (Å²) in [6.07, 6.45) is 5.34. The number of carbonyl (C=O) groups is 5. The number of aliphatic hydroxyl groups is 1. The second-order valence-corrected chi connectivity index (χ2v) is 11.1. The van der Waals surface area contributed by atoms with Gasteiger partial charge in [0, 0.05) is 11.8 Å². The Balaban J connectivity index is 1.78. The van der Waals surface area contributed by atoms with Crippen molar-refractivity contribution in [2.75, 3.05) is 0 Å². The molecule has 0 aromatic heterocycles. The number of phenolic OH excluding ortho intramolecular Hbond substituents is 1. The summed E-state index contributed by atoms with van der Waals surface area (Å²) < 4.78 is 0. The van der Waals surface area contributed by atoms with Gasteiger partial charge in [-0.1, -0.05) is 46.1 Å². The first-order valence-electron chi connectivity index (χ1n) is 13.0. The lowest BCUT2D eigenvalue weighted by Gasteiger charge is -2.52. The molecule has 0 bridgehead atoms. The van der Waals surface area contributed by atoms with Gasteiger partial charge in [0.25, 0.3) is 0 Å². The van der Waals surface area contributed by atoms with E-state index in [1.807, 2.05) is 6.07 Å². The van der Waals surface area contributed by atoms with E-state index in [2.05, 4.69) is 6.92 Å². The molecule has 0 saturated heterocycles. The number of phenols is 1. The zero-order valence-corrected chi connectivity index (χ0v) is 21.1. The maximum Gasteiger partial charge on any atom is 0.235 e. The molecule has 3 aliphatic carbocycles. The molecule has 1 aromatic carbocycles. The molecule has 36 heavy (non-hydrogen) atoms. The highest BCUT2D eigenvalue weighted by Crippen LogP contribution is 2.53. The highest BCUT2D eigenvalue weighted by molar-refractivity contribution is 6.31. The summed E-state index contributed by atoms with van der Waals surface area (Å²) in [5.41, 5.74) is 4.43. The molecule has 2 fully saturated rings. The molecule has 8 heteroatoms. The summed E-state index contributed by atoms with van der Waals surface area (Å²) in [5, 5.41) is 22.2. The van der Waals surface area contributed by atoms with Gasteiger partial charge in [0.1, 0.15) is 5.75 Å². The lowest BCUT2D eigenvalue weighted by atomic mass is 9.49. The smallest absolute Gasteiger partial charge is 0.235 e. The molecule has 2 unspecified atom stereocenters. The predicted molar refractivity (Wildman–Crippen MR) is 130 cm³/mol. The summed E-state index contributed by atoms with van der Waals surface area (Å²) in [5.74, 6) is -11.0. The third kappa shape index (κ3) is 3.81. The quantitative estimate of drug-likeness (QED) is 0.386. The maximum atomic E-state index is 13.8. The Kier molecular flexibility index (Phi) is 6.94. The van der Waals surface area contributed by atoms with Gasteiger partial charge in [-0.25, -0.2) is 0 Å². The van der Waals surface area contributed by atoms with Crippen LogP contribution in [0, 0.1) is 35.5 Å². The van der Waals surface area contributed by atoms with Crippen LogP contribution in [0.1, 0.15) is 74.4 Å². The summed E-state index contributed by atoms with van der Waals surface area (Å²) in [6, 6.07) is 3.27. The van der Waals surface area contributed by atoms with Crippen LogP contribution in [0.3, 0.4) is 0 Å². The van der Waals surface area contributed by atoms with E-state index in [9.17, 15) is 34.2 Å². The fraction of sp³-hybridized carbons (Fsp3) is 0.607. The molecule has 0 aliphatic heterocycles. The number of primary amides is 1. The molecule has 4 rings (SSSR count).